The maximum absolute atomic E-state index is 12.4. The summed E-state index contributed by atoms with van der Waals surface area (Å²) in [6, 6.07) is 21.4. The number of hydrogen-bond donors (Lipinski definition) is 0. The van der Waals surface area contributed by atoms with Crippen LogP contribution in [0.4, 0.5) is 0 Å². The molecule has 3 aromatic rings. The number of aliphatic imine (C=N–C) groups is 1. The Kier molecular flexibility index (Phi) is 6.89. The predicted molar refractivity (Wildman–Crippen MR) is 137 cm³/mol. The highest BCUT2D eigenvalue weighted by atomic mass is 127. The van der Waals surface area contributed by atoms with Gasteiger partial charge < -0.3 is 9.47 Å². The number of carbonyl (C=O) groups excluding carboxylic acids is 1. The topological polar surface area (TPSA) is 47.9 Å². The van der Waals surface area contributed by atoms with Crippen LogP contribution in [0.1, 0.15) is 16.7 Å². The van der Waals surface area contributed by atoms with Gasteiger partial charge in [-0.25, -0.2) is 9.79 Å². The molecule has 0 saturated carbocycles. The lowest BCUT2D eigenvalue weighted by Crippen LogP contribution is -2.05. The summed E-state index contributed by atoms with van der Waals surface area (Å²) in [4.78, 5) is 16.8. The van der Waals surface area contributed by atoms with E-state index in [0.29, 0.717) is 18.3 Å². The summed E-state index contributed by atoms with van der Waals surface area (Å²) in [7, 11) is 0. The maximum Gasteiger partial charge on any atom is 0.363 e. The number of nitrogens with zero attached hydrogens (tertiary/aromatic N) is 1. The molecule has 30 heavy (non-hydrogen) atoms. The maximum atomic E-state index is 12.4. The summed E-state index contributed by atoms with van der Waals surface area (Å²) in [5.41, 5.74) is 2.82. The van der Waals surface area contributed by atoms with E-state index in [1.807, 2.05) is 66.7 Å². The first kappa shape index (κ1) is 21.5. The van der Waals surface area contributed by atoms with Crippen molar-refractivity contribution in [3.05, 3.63) is 101 Å². The third kappa shape index (κ3) is 5.12. The van der Waals surface area contributed by atoms with Crippen molar-refractivity contribution in [2.75, 3.05) is 0 Å². The molecule has 4 rings (SSSR count). The van der Waals surface area contributed by atoms with Gasteiger partial charge in [-0.15, -0.1) is 0 Å². The zero-order valence-electron chi connectivity index (χ0n) is 15.4. The van der Waals surface area contributed by atoms with Crippen LogP contribution in [0.25, 0.3) is 6.08 Å². The van der Waals surface area contributed by atoms with Gasteiger partial charge in [-0.05, 0) is 109 Å². The average molecular weight is 686 g/mol. The second-order valence-corrected chi connectivity index (χ2v) is 9.68. The Labute approximate surface area is 209 Å². The number of cyclic esters (lactones) is 1. The average Bonchev–Trinajstić information content (AvgIpc) is 3.11. The third-order valence-electron chi connectivity index (χ3n) is 4.31. The molecular formula is C23H14BrI2NO3. The molecule has 0 unspecified atom stereocenters. The van der Waals surface area contributed by atoms with Gasteiger partial charge in [0.15, 0.2) is 5.70 Å². The second kappa shape index (κ2) is 9.61. The number of hydrogen-bond acceptors (Lipinski definition) is 4. The van der Waals surface area contributed by atoms with Crippen LogP contribution in [0.2, 0.25) is 0 Å². The molecule has 0 N–H and O–H groups in total. The van der Waals surface area contributed by atoms with Gasteiger partial charge in [-0.2, -0.15) is 0 Å². The normalized spacial score (nSPS) is 14.6. The number of benzene rings is 3. The lowest BCUT2D eigenvalue weighted by molar-refractivity contribution is -0.129. The largest absolute Gasteiger partial charge is 0.488 e. The fourth-order valence-electron chi connectivity index (χ4n) is 2.78. The molecule has 0 radical (unpaired) electrons. The standard InChI is InChI=1S/C23H14BrI2NO3/c24-18-11-16(7-10-19(18)26)22-27-20(23(28)30-22)12-15-3-1-2-4-21(15)29-13-14-5-8-17(25)9-6-14/h1-12H,13H2/b20-12-. The number of esters is 1. The fourth-order valence-corrected chi connectivity index (χ4v) is 3.86. The van der Waals surface area contributed by atoms with Gasteiger partial charge in [0, 0.05) is 22.7 Å². The number of halogens is 3. The van der Waals surface area contributed by atoms with Crippen LogP contribution in [-0.2, 0) is 16.1 Å². The van der Waals surface area contributed by atoms with Crippen LogP contribution in [0.15, 0.2) is 81.9 Å². The molecule has 1 aliphatic heterocycles. The molecule has 3 aromatic carbocycles. The molecule has 0 aromatic heterocycles. The summed E-state index contributed by atoms with van der Waals surface area (Å²) in [6.07, 6.45) is 1.69. The highest BCUT2D eigenvalue weighted by molar-refractivity contribution is 14.1. The Morgan fingerprint density at radius 2 is 1.80 bits per heavy atom. The molecule has 0 saturated heterocycles. The fraction of sp³-hybridized carbons (Fsp3) is 0.0435. The molecule has 0 bridgehead atoms. The van der Waals surface area contributed by atoms with E-state index in [1.165, 1.54) is 3.57 Å². The molecule has 0 amide bonds. The van der Waals surface area contributed by atoms with Gasteiger partial charge in [0.2, 0.25) is 5.90 Å². The molecule has 7 heteroatoms. The highest BCUT2D eigenvalue weighted by Crippen LogP contribution is 2.27. The smallest absolute Gasteiger partial charge is 0.363 e. The Bertz CT molecular complexity index is 1170. The van der Waals surface area contributed by atoms with Crippen molar-refractivity contribution >= 4 is 79.1 Å². The number of rotatable bonds is 5. The summed E-state index contributed by atoms with van der Waals surface area (Å²) in [5, 5.41) is 0. The van der Waals surface area contributed by atoms with Crippen molar-refractivity contribution in [1.29, 1.82) is 0 Å². The van der Waals surface area contributed by atoms with E-state index in [4.69, 9.17) is 9.47 Å². The van der Waals surface area contributed by atoms with Crippen molar-refractivity contribution in [1.82, 2.24) is 0 Å². The van der Waals surface area contributed by atoms with Crippen LogP contribution < -0.4 is 4.74 Å². The lowest BCUT2D eigenvalue weighted by atomic mass is 10.1. The van der Waals surface area contributed by atoms with E-state index in [0.717, 1.165) is 24.7 Å². The highest BCUT2D eigenvalue weighted by Gasteiger charge is 2.25. The van der Waals surface area contributed by atoms with E-state index >= 15 is 0 Å². The zero-order valence-corrected chi connectivity index (χ0v) is 21.3. The summed E-state index contributed by atoms with van der Waals surface area (Å²) in [5.74, 6) is 0.491. The first-order valence-electron chi connectivity index (χ1n) is 8.94. The molecule has 0 aliphatic carbocycles. The predicted octanol–water partition coefficient (Wildman–Crippen LogP) is 6.58. The van der Waals surface area contributed by atoms with E-state index in [9.17, 15) is 4.79 Å². The van der Waals surface area contributed by atoms with Gasteiger partial charge >= 0.3 is 5.97 Å². The Morgan fingerprint density at radius 3 is 2.57 bits per heavy atom. The van der Waals surface area contributed by atoms with Crippen molar-refractivity contribution in [2.45, 2.75) is 6.61 Å². The zero-order chi connectivity index (χ0) is 21.1. The minimum Gasteiger partial charge on any atom is -0.488 e. The van der Waals surface area contributed by atoms with Crippen LogP contribution >= 0.6 is 61.1 Å². The summed E-state index contributed by atoms with van der Waals surface area (Å²) >= 11 is 7.99. The van der Waals surface area contributed by atoms with Crippen molar-refractivity contribution in [2.24, 2.45) is 4.99 Å². The van der Waals surface area contributed by atoms with Crippen LogP contribution in [-0.4, -0.2) is 11.9 Å². The van der Waals surface area contributed by atoms with Gasteiger partial charge in [-0.1, -0.05) is 30.3 Å². The Hall–Kier alpha value is -1.72. The molecule has 4 nitrogen and oxygen atoms in total. The Balaban J connectivity index is 1.58. The summed E-state index contributed by atoms with van der Waals surface area (Å²) in [6.45, 7) is 0.437. The third-order valence-corrected chi connectivity index (χ3v) is 7.36. The minimum absolute atomic E-state index is 0.241. The van der Waals surface area contributed by atoms with Gasteiger partial charge in [-0.3, -0.25) is 0 Å². The first-order valence-corrected chi connectivity index (χ1v) is 11.9. The SMILES string of the molecule is O=C1OC(c2ccc(I)c(Br)c2)=N/C1=C\c1ccccc1OCc1ccc(I)cc1. The van der Waals surface area contributed by atoms with E-state index in [-0.39, 0.29) is 5.70 Å². The Morgan fingerprint density at radius 1 is 1.03 bits per heavy atom. The van der Waals surface area contributed by atoms with Gasteiger partial charge in [0.05, 0.1) is 0 Å². The van der Waals surface area contributed by atoms with Gasteiger partial charge in [0.25, 0.3) is 0 Å². The van der Waals surface area contributed by atoms with E-state index in [2.05, 4.69) is 66.1 Å². The van der Waals surface area contributed by atoms with Crippen molar-refractivity contribution in [3.8, 4) is 5.75 Å². The molecule has 0 fully saturated rings. The molecule has 1 heterocycles. The molecule has 150 valence electrons. The van der Waals surface area contributed by atoms with Crippen LogP contribution in [0.5, 0.6) is 5.75 Å². The molecular weight excluding hydrogens is 672 g/mol. The van der Waals surface area contributed by atoms with E-state index < -0.39 is 5.97 Å². The monoisotopic (exact) mass is 685 g/mol. The quantitative estimate of drug-likeness (QED) is 0.173. The second-order valence-electron chi connectivity index (χ2n) is 6.42. The van der Waals surface area contributed by atoms with E-state index in [1.54, 1.807) is 6.08 Å². The molecule has 0 spiro atoms. The van der Waals surface area contributed by atoms with Crippen LogP contribution in [0, 0.1) is 7.14 Å². The lowest BCUT2D eigenvalue weighted by Gasteiger charge is -2.09. The van der Waals surface area contributed by atoms with Crippen LogP contribution in [0.3, 0.4) is 0 Å². The van der Waals surface area contributed by atoms with Crippen molar-refractivity contribution < 1.29 is 14.3 Å². The molecule has 0 atom stereocenters. The molecule has 1 aliphatic rings. The number of para-hydroxylation sites is 1. The van der Waals surface area contributed by atoms with Gasteiger partial charge in [0.1, 0.15) is 12.4 Å². The minimum atomic E-state index is -0.480. The van der Waals surface area contributed by atoms with Crippen molar-refractivity contribution in [3.63, 3.8) is 0 Å². The summed E-state index contributed by atoms with van der Waals surface area (Å²) < 4.78 is 14.5. The first-order chi connectivity index (χ1) is 14.5. The number of ether oxygens (including phenoxy) is 2. The number of carbonyl (C=O) groups is 1.